The molecule has 0 radical (unpaired) electrons. The molecule has 0 fully saturated rings. The first-order chi connectivity index (χ1) is 10.1. The molecule has 0 spiro atoms. The van der Waals surface area contributed by atoms with Crippen LogP contribution >= 0.6 is 0 Å². The largest absolute Gasteiger partial charge is 0.483 e. The first-order valence-corrected chi connectivity index (χ1v) is 7.19. The number of benzene rings is 2. The molecule has 0 saturated heterocycles. The summed E-state index contributed by atoms with van der Waals surface area (Å²) in [4.78, 5) is 11.4. The predicted molar refractivity (Wildman–Crippen MR) is 85.5 cm³/mol. The lowest BCUT2D eigenvalue weighted by molar-refractivity contribution is -0.122. The summed E-state index contributed by atoms with van der Waals surface area (Å²) in [6.07, 6.45) is 0. The summed E-state index contributed by atoms with van der Waals surface area (Å²) in [5.74, 6) is 0.622. The van der Waals surface area contributed by atoms with Gasteiger partial charge in [0.15, 0.2) is 6.61 Å². The third-order valence-electron chi connectivity index (χ3n) is 3.32. The van der Waals surface area contributed by atoms with Gasteiger partial charge >= 0.3 is 0 Å². The SMILES string of the molecule is CNC(=O)COc1ccc2ccccc2c1CNC(C)C. The van der Waals surface area contributed by atoms with Crippen molar-refractivity contribution in [3.8, 4) is 5.75 Å². The van der Waals surface area contributed by atoms with E-state index in [9.17, 15) is 4.79 Å². The zero-order chi connectivity index (χ0) is 15.2. The van der Waals surface area contributed by atoms with E-state index in [2.05, 4.69) is 36.6 Å². The van der Waals surface area contributed by atoms with Crippen molar-refractivity contribution in [2.24, 2.45) is 0 Å². The summed E-state index contributed by atoms with van der Waals surface area (Å²) in [6.45, 7) is 4.96. The first-order valence-electron chi connectivity index (χ1n) is 7.19. The van der Waals surface area contributed by atoms with Crippen LogP contribution in [-0.2, 0) is 11.3 Å². The minimum atomic E-state index is -0.133. The normalized spacial score (nSPS) is 10.9. The number of carbonyl (C=O) groups is 1. The molecule has 112 valence electrons. The molecule has 1 amide bonds. The lowest BCUT2D eigenvalue weighted by Gasteiger charge is -2.16. The molecule has 2 rings (SSSR count). The summed E-state index contributed by atoms with van der Waals surface area (Å²) in [5.41, 5.74) is 1.09. The van der Waals surface area contributed by atoms with E-state index in [-0.39, 0.29) is 12.5 Å². The lowest BCUT2D eigenvalue weighted by atomic mass is 10.0. The molecule has 2 aromatic rings. The Bertz CT molecular complexity index is 623. The maximum absolute atomic E-state index is 11.4. The van der Waals surface area contributed by atoms with Gasteiger partial charge < -0.3 is 15.4 Å². The summed E-state index contributed by atoms with van der Waals surface area (Å²) >= 11 is 0. The van der Waals surface area contributed by atoms with E-state index in [1.165, 1.54) is 5.39 Å². The second kappa shape index (κ2) is 7.09. The standard InChI is InChI=1S/C17H22N2O2/c1-12(2)19-10-15-14-7-5-4-6-13(14)8-9-16(15)21-11-17(20)18-3/h4-9,12,19H,10-11H2,1-3H3,(H,18,20). The van der Waals surface area contributed by atoms with E-state index >= 15 is 0 Å². The van der Waals surface area contributed by atoms with Gasteiger partial charge in [-0.05, 0) is 16.8 Å². The second-order valence-corrected chi connectivity index (χ2v) is 5.26. The molecule has 21 heavy (non-hydrogen) atoms. The quantitative estimate of drug-likeness (QED) is 0.857. The highest BCUT2D eigenvalue weighted by Gasteiger charge is 2.10. The lowest BCUT2D eigenvalue weighted by Crippen LogP contribution is -2.26. The Morgan fingerprint density at radius 3 is 2.67 bits per heavy atom. The zero-order valence-electron chi connectivity index (χ0n) is 12.8. The van der Waals surface area contributed by atoms with Crippen molar-refractivity contribution < 1.29 is 9.53 Å². The van der Waals surface area contributed by atoms with Gasteiger partial charge in [-0.15, -0.1) is 0 Å². The Balaban J connectivity index is 2.33. The molecular formula is C17H22N2O2. The number of likely N-dealkylation sites (N-methyl/N-ethyl adjacent to an activating group) is 1. The van der Waals surface area contributed by atoms with E-state index in [1.807, 2.05) is 24.3 Å². The number of fused-ring (bicyclic) bond motifs is 1. The van der Waals surface area contributed by atoms with E-state index in [1.54, 1.807) is 7.05 Å². The van der Waals surface area contributed by atoms with Crippen LogP contribution in [-0.4, -0.2) is 25.6 Å². The van der Waals surface area contributed by atoms with Crippen molar-refractivity contribution in [2.45, 2.75) is 26.4 Å². The van der Waals surface area contributed by atoms with Gasteiger partial charge in [-0.1, -0.05) is 44.2 Å². The molecule has 2 N–H and O–H groups in total. The van der Waals surface area contributed by atoms with Crippen LogP contribution in [0.1, 0.15) is 19.4 Å². The fourth-order valence-electron chi connectivity index (χ4n) is 2.16. The van der Waals surface area contributed by atoms with E-state index < -0.39 is 0 Å². The molecule has 2 aromatic carbocycles. The van der Waals surface area contributed by atoms with Crippen molar-refractivity contribution in [3.05, 3.63) is 42.0 Å². The van der Waals surface area contributed by atoms with Crippen LogP contribution in [0.15, 0.2) is 36.4 Å². The van der Waals surface area contributed by atoms with E-state index in [0.717, 1.165) is 16.7 Å². The smallest absolute Gasteiger partial charge is 0.257 e. The first kappa shape index (κ1) is 15.3. The third kappa shape index (κ3) is 3.95. The Morgan fingerprint density at radius 2 is 1.95 bits per heavy atom. The molecule has 0 heterocycles. The van der Waals surface area contributed by atoms with Crippen LogP contribution in [0.3, 0.4) is 0 Å². The number of amides is 1. The number of hydrogen-bond donors (Lipinski definition) is 2. The third-order valence-corrected chi connectivity index (χ3v) is 3.32. The van der Waals surface area contributed by atoms with Gasteiger partial charge in [-0.25, -0.2) is 0 Å². The summed E-state index contributed by atoms with van der Waals surface area (Å²) in [5, 5.41) is 8.30. The van der Waals surface area contributed by atoms with Crippen LogP contribution in [0.25, 0.3) is 10.8 Å². The average molecular weight is 286 g/mol. The number of rotatable bonds is 6. The molecular weight excluding hydrogens is 264 g/mol. The second-order valence-electron chi connectivity index (χ2n) is 5.26. The fraction of sp³-hybridized carbons (Fsp3) is 0.353. The molecule has 0 bridgehead atoms. The maximum Gasteiger partial charge on any atom is 0.257 e. The highest BCUT2D eigenvalue weighted by Crippen LogP contribution is 2.28. The molecule has 0 unspecified atom stereocenters. The Hall–Kier alpha value is -2.07. The van der Waals surface area contributed by atoms with Crippen molar-refractivity contribution in [2.75, 3.05) is 13.7 Å². The molecule has 0 aliphatic carbocycles. The van der Waals surface area contributed by atoms with Gasteiger partial charge in [-0.3, -0.25) is 4.79 Å². The van der Waals surface area contributed by atoms with Crippen LogP contribution in [0, 0.1) is 0 Å². The van der Waals surface area contributed by atoms with Gasteiger partial charge in [0.25, 0.3) is 5.91 Å². The van der Waals surface area contributed by atoms with Gasteiger partial charge in [0, 0.05) is 25.2 Å². The van der Waals surface area contributed by atoms with Crippen LogP contribution in [0.5, 0.6) is 5.75 Å². The minimum Gasteiger partial charge on any atom is -0.483 e. The molecule has 0 aromatic heterocycles. The molecule has 4 heteroatoms. The predicted octanol–water partition coefficient (Wildman–Crippen LogP) is 2.46. The fourth-order valence-corrected chi connectivity index (χ4v) is 2.16. The highest BCUT2D eigenvalue weighted by atomic mass is 16.5. The van der Waals surface area contributed by atoms with Gasteiger partial charge in [0.05, 0.1) is 0 Å². The summed E-state index contributed by atoms with van der Waals surface area (Å²) in [7, 11) is 1.60. The van der Waals surface area contributed by atoms with Crippen molar-refractivity contribution >= 4 is 16.7 Å². The van der Waals surface area contributed by atoms with Crippen LogP contribution in [0.2, 0.25) is 0 Å². The average Bonchev–Trinajstić information content (AvgIpc) is 2.50. The van der Waals surface area contributed by atoms with E-state index in [4.69, 9.17) is 4.74 Å². The van der Waals surface area contributed by atoms with Crippen LogP contribution in [0.4, 0.5) is 0 Å². The number of hydrogen-bond acceptors (Lipinski definition) is 3. The van der Waals surface area contributed by atoms with E-state index in [0.29, 0.717) is 12.6 Å². The number of ether oxygens (including phenoxy) is 1. The maximum atomic E-state index is 11.4. The Kier molecular flexibility index (Phi) is 5.17. The Morgan fingerprint density at radius 1 is 1.19 bits per heavy atom. The van der Waals surface area contributed by atoms with Gasteiger partial charge in [0.2, 0.25) is 0 Å². The van der Waals surface area contributed by atoms with Gasteiger partial charge in [0.1, 0.15) is 5.75 Å². The monoisotopic (exact) mass is 286 g/mol. The highest BCUT2D eigenvalue weighted by molar-refractivity contribution is 5.88. The number of nitrogens with one attached hydrogen (secondary N) is 2. The van der Waals surface area contributed by atoms with Crippen molar-refractivity contribution in [1.82, 2.24) is 10.6 Å². The summed E-state index contributed by atoms with van der Waals surface area (Å²) < 4.78 is 5.68. The summed E-state index contributed by atoms with van der Waals surface area (Å²) in [6, 6.07) is 12.5. The van der Waals surface area contributed by atoms with Crippen molar-refractivity contribution in [1.29, 1.82) is 0 Å². The molecule has 0 atom stereocenters. The molecule has 0 aliphatic heterocycles. The number of carbonyl (C=O) groups excluding carboxylic acids is 1. The van der Waals surface area contributed by atoms with Gasteiger partial charge in [-0.2, -0.15) is 0 Å². The molecule has 0 saturated carbocycles. The van der Waals surface area contributed by atoms with Crippen molar-refractivity contribution in [3.63, 3.8) is 0 Å². The molecule has 4 nitrogen and oxygen atoms in total. The topological polar surface area (TPSA) is 50.4 Å². The Labute approximate surface area is 125 Å². The minimum absolute atomic E-state index is 0.0313. The van der Waals surface area contributed by atoms with Crippen LogP contribution < -0.4 is 15.4 Å². The molecule has 0 aliphatic rings. The zero-order valence-corrected chi connectivity index (χ0v) is 12.8.